The van der Waals surface area contributed by atoms with Gasteiger partial charge >= 0.3 is 0 Å². The Morgan fingerprint density at radius 3 is 2.26 bits per heavy atom. The molecule has 2 aromatic carbocycles. The van der Waals surface area contributed by atoms with E-state index in [2.05, 4.69) is 0 Å². The Morgan fingerprint density at radius 1 is 0.963 bits per heavy atom. The van der Waals surface area contributed by atoms with E-state index in [-0.39, 0.29) is 17.7 Å². The summed E-state index contributed by atoms with van der Waals surface area (Å²) in [6.45, 7) is 4.27. The molecule has 0 aromatic heterocycles. The molecule has 27 heavy (non-hydrogen) atoms. The van der Waals surface area contributed by atoms with E-state index in [1.807, 2.05) is 59.2 Å². The zero-order chi connectivity index (χ0) is 19.2. The van der Waals surface area contributed by atoms with Gasteiger partial charge in [0.15, 0.2) is 0 Å². The molecule has 0 spiro atoms. The van der Waals surface area contributed by atoms with Crippen molar-refractivity contribution in [3.05, 3.63) is 65.7 Å². The maximum atomic E-state index is 13.0. The summed E-state index contributed by atoms with van der Waals surface area (Å²) in [5.41, 5.74) is 1.67. The molecule has 1 fully saturated rings. The summed E-state index contributed by atoms with van der Waals surface area (Å²) in [4.78, 5) is 29.4. The van der Waals surface area contributed by atoms with Crippen LogP contribution < -0.4 is 4.74 Å². The second-order valence-electron chi connectivity index (χ2n) is 6.72. The van der Waals surface area contributed by atoms with Crippen molar-refractivity contribution in [2.24, 2.45) is 0 Å². The lowest BCUT2D eigenvalue weighted by molar-refractivity contribution is -0.134. The van der Waals surface area contributed by atoms with Gasteiger partial charge in [0.05, 0.1) is 13.0 Å². The van der Waals surface area contributed by atoms with Crippen molar-refractivity contribution in [2.45, 2.75) is 19.3 Å². The molecule has 142 valence electrons. The van der Waals surface area contributed by atoms with Crippen LogP contribution in [0.25, 0.3) is 0 Å². The van der Waals surface area contributed by atoms with Crippen LogP contribution in [0, 0.1) is 0 Å². The topological polar surface area (TPSA) is 49.9 Å². The monoisotopic (exact) mass is 366 g/mol. The second kappa shape index (κ2) is 8.71. The van der Waals surface area contributed by atoms with Crippen LogP contribution >= 0.6 is 0 Å². The lowest BCUT2D eigenvalue weighted by atomic mass is 9.95. The number of piperazine rings is 1. The van der Waals surface area contributed by atoms with Crippen molar-refractivity contribution in [1.82, 2.24) is 9.80 Å². The smallest absolute Gasteiger partial charge is 0.254 e. The van der Waals surface area contributed by atoms with Gasteiger partial charge in [-0.05, 0) is 30.2 Å². The van der Waals surface area contributed by atoms with Crippen LogP contribution in [0.1, 0.15) is 35.2 Å². The van der Waals surface area contributed by atoms with Gasteiger partial charge in [-0.25, -0.2) is 0 Å². The van der Waals surface area contributed by atoms with Crippen molar-refractivity contribution in [2.75, 3.05) is 33.3 Å². The maximum Gasteiger partial charge on any atom is 0.254 e. The molecule has 3 rings (SSSR count). The number of methoxy groups -OCH3 is 1. The summed E-state index contributed by atoms with van der Waals surface area (Å²) in [5, 5.41) is 0. The van der Waals surface area contributed by atoms with Gasteiger partial charge in [0.25, 0.3) is 5.91 Å². The van der Waals surface area contributed by atoms with Crippen molar-refractivity contribution < 1.29 is 14.3 Å². The quantitative estimate of drug-likeness (QED) is 0.817. The molecular weight excluding hydrogens is 340 g/mol. The normalized spacial score (nSPS) is 15.3. The average molecular weight is 366 g/mol. The minimum absolute atomic E-state index is 0.0175. The van der Waals surface area contributed by atoms with Crippen LogP contribution in [-0.2, 0) is 4.79 Å². The number of nitrogens with zero attached hydrogens (tertiary/aromatic N) is 2. The fourth-order valence-corrected chi connectivity index (χ4v) is 3.53. The summed E-state index contributed by atoms with van der Waals surface area (Å²) < 4.78 is 5.20. The number of benzene rings is 2. The van der Waals surface area contributed by atoms with Crippen LogP contribution in [0.2, 0.25) is 0 Å². The third-order valence-electron chi connectivity index (χ3n) is 5.10. The number of rotatable bonds is 5. The van der Waals surface area contributed by atoms with E-state index in [1.165, 1.54) is 0 Å². The summed E-state index contributed by atoms with van der Waals surface area (Å²) in [7, 11) is 1.59. The van der Waals surface area contributed by atoms with Gasteiger partial charge in [0.1, 0.15) is 5.75 Å². The maximum absolute atomic E-state index is 13.0. The van der Waals surface area contributed by atoms with E-state index in [1.54, 1.807) is 19.2 Å². The Labute approximate surface area is 160 Å². The predicted molar refractivity (Wildman–Crippen MR) is 105 cm³/mol. The molecule has 0 N–H and O–H groups in total. The summed E-state index contributed by atoms with van der Waals surface area (Å²) in [5.74, 6) is 0.684. The average Bonchev–Trinajstić information content (AvgIpc) is 2.74. The van der Waals surface area contributed by atoms with Gasteiger partial charge in [0, 0.05) is 31.7 Å². The molecule has 1 aliphatic heterocycles. The molecule has 1 unspecified atom stereocenters. The Kier molecular flexibility index (Phi) is 6.12. The molecule has 1 aliphatic rings. The van der Waals surface area contributed by atoms with Gasteiger partial charge in [-0.2, -0.15) is 0 Å². The minimum Gasteiger partial charge on any atom is -0.497 e. The largest absolute Gasteiger partial charge is 0.497 e. The van der Waals surface area contributed by atoms with Crippen LogP contribution in [0.4, 0.5) is 0 Å². The van der Waals surface area contributed by atoms with Crippen LogP contribution in [-0.4, -0.2) is 54.9 Å². The summed E-state index contributed by atoms with van der Waals surface area (Å²) >= 11 is 0. The molecule has 0 aliphatic carbocycles. The van der Waals surface area contributed by atoms with E-state index < -0.39 is 0 Å². The molecule has 1 saturated heterocycles. The minimum atomic E-state index is -0.119. The van der Waals surface area contributed by atoms with Crippen molar-refractivity contribution in [1.29, 1.82) is 0 Å². The van der Waals surface area contributed by atoms with Gasteiger partial charge in [-0.3, -0.25) is 9.59 Å². The zero-order valence-corrected chi connectivity index (χ0v) is 15.9. The van der Waals surface area contributed by atoms with E-state index in [9.17, 15) is 9.59 Å². The second-order valence-corrected chi connectivity index (χ2v) is 6.72. The van der Waals surface area contributed by atoms with Crippen molar-refractivity contribution in [3.8, 4) is 5.75 Å². The third kappa shape index (κ3) is 4.30. The van der Waals surface area contributed by atoms with E-state index in [0.717, 1.165) is 12.0 Å². The molecular formula is C22H26N2O3. The van der Waals surface area contributed by atoms with Gasteiger partial charge in [-0.15, -0.1) is 0 Å². The van der Waals surface area contributed by atoms with Gasteiger partial charge in [0.2, 0.25) is 5.91 Å². The van der Waals surface area contributed by atoms with Crippen LogP contribution in [0.3, 0.4) is 0 Å². The Hall–Kier alpha value is -2.82. The first-order valence-corrected chi connectivity index (χ1v) is 9.41. The molecule has 5 nitrogen and oxygen atoms in total. The Balaban J connectivity index is 1.62. The van der Waals surface area contributed by atoms with Crippen molar-refractivity contribution >= 4 is 11.8 Å². The predicted octanol–water partition coefficient (Wildman–Crippen LogP) is 3.17. The fraction of sp³-hybridized carbons (Fsp3) is 0.364. The molecule has 0 radical (unpaired) electrons. The van der Waals surface area contributed by atoms with Gasteiger partial charge < -0.3 is 14.5 Å². The summed E-state index contributed by atoms with van der Waals surface area (Å²) in [6, 6.07) is 17.1. The highest BCUT2D eigenvalue weighted by molar-refractivity contribution is 5.95. The van der Waals surface area contributed by atoms with E-state index in [4.69, 9.17) is 4.74 Å². The Bertz CT molecular complexity index is 783. The molecule has 0 bridgehead atoms. The molecule has 2 aromatic rings. The zero-order valence-electron chi connectivity index (χ0n) is 15.9. The highest BCUT2D eigenvalue weighted by Crippen LogP contribution is 2.23. The fourth-order valence-electron chi connectivity index (χ4n) is 3.53. The molecule has 2 amide bonds. The highest BCUT2D eigenvalue weighted by atomic mass is 16.5. The molecule has 1 atom stereocenters. The first-order valence-electron chi connectivity index (χ1n) is 9.41. The summed E-state index contributed by atoms with van der Waals surface area (Å²) in [6.07, 6.45) is 0.770. The number of amides is 2. The first kappa shape index (κ1) is 19.0. The lowest BCUT2D eigenvalue weighted by Gasteiger charge is -2.36. The first-order chi connectivity index (χ1) is 13.1. The van der Waals surface area contributed by atoms with Crippen molar-refractivity contribution in [3.63, 3.8) is 0 Å². The van der Waals surface area contributed by atoms with E-state index >= 15 is 0 Å². The number of hydrogen-bond donors (Lipinski definition) is 0. The van der Waals surface area contributed by atoms with Gasteiger partial charge in [-0.1, -0.05) is 43.3 Å². The number of carbonyl (C=O) groups excluding carboxylic acids is 2. The standard InChI is InChI=1S/C22H26N2O3/c1-3-20(17-8-5-4-6-9-17)22(26)24-14-12-23(13-15-24)21(25)18-10-7-11-19(16-18)27-2/h4-11,16,20H,3,12-15H2,1-2H3. The number of hydrogen-bond acceptors (Lipinski definition) is 3. The van der Waals surface area contributed by atoms with E-state index in [0.29, 0.717) is 37.5 Å². The van der Waals surface area contributed by atoms with Crippen LogP contribution in [0.15, 0.2) is 54.6 Å². The highest BCUT2D eigenvalue weighted by Gasteiger charge is 2.29. The molecule has 0 saturated carbocycles. The number of ether oxygens (including phenoxy) is 1. The SMILES string of the molecule is CCC(C(=O)N1CCN(C(=O)c2cccc(OC)c2)CC1)c1ccccc1. The van der Waals surface area contributed by atoms with Crippen LogP contribution in [0.5, 0.6) is 5.75 Å². The third-order valence-corrected chi connectivity index (χ3v) is 5.10. The number of carbonyl (C=O) groups is 2. The molecule has 1 heterocycles. The molecule has 5 heteroatoms. The Morgan fingerprint density at radius 2 is 1.63 bits per heavy atom. The lowest BCUT2D eigenvalue weighted by Crippen LogP contribution is -2.51.